The quantitative estimate of drug-likeness (QED) is 0.446. The van der Waals surface area contributed by atoms with Gasteiger partial charge in [-0.25, -0.2) is 4.39 Å². The second-order valence-electron chi connectivity index (χ2n) is 2.97. The van der Waals surface area contributed by atoms with E-state index in [1.807, 2.05) is 0 Å². The monoisotopic (exact) mass is 269 g/mol. The summed E-state index contributed by atoms with van der Waals surface area (Å²) in [5.74, 6) is -0.311. The van der Waals surface area contributed by atoms with Crippen molar-refractivity contribution < 1.29 is 4.39 Å². The van der Waals surface area contributed by atoms with Crippen LogP contribution in [0.3, 0.4) is 0 Å². The first-order chi connectivity index (χ1) is 7.13. The van der Waals surface area contributed by atoms with Gasteiger partial charge in [-0.2, -0.15) is 0 Å². The fourth-order valence-electron chi connectivity index (χ4n) is 1.000. The van der Waals surface area contributed by atoms with E-state index in [1.165, 1.54) is 6.07 Å². The van der Waals surface area contributed by atoms with E-state index in [1.54, 1.807) is 31.2 Å². The Kier molecular flexibility index (Phi) is 4.34. The molecular weight excluding hydrogens is 261 g/mol. The second kappa shape index (κ2) is 5.53. The van der Waals surface area contributed by atoms with Crippen molar-refractivity contribution in [1.29, 1.82) is 0 Å². The van der Waals surface area contributed by atoms with Gasteiger partial charge in [0.25, 0.3) is 0 Å². The van der Waals surface area contributed by atoms with Crippen LogP contribution in [0.15, 0.2) is 33.9 Å². The lowest BCUT2D eigenvalue weighted by Gasteiger charge is -1.98. The molecule has 1 unspecified atom stereocenters. The Bertz CT molecular complexity index is 425. The van der Waals surface area contributed by atoms with Crippen LogP contribution in [-0.2, 0) is 0 Å². The molecule has 0 saturated heterocycles. The molecule has 0 amide bonds. The zero-order chi connectivity index (χ0) is 11.3. The highest BCUT2D eigenvalue weighted by atomic mass is 79.9. The molecule has 0 aliphatic heterocycles. The maximum Gasteiger partial charge on any atom is 0.131 e. The summed E-state index contributed by atoms with van der Waals surface area (Å²) in [5, 5.41) is 3.45. The van der Waals surface area contributed by atoms with Gasteiger partial charge in [-0.15, -0.1) is 0 Å². The first-order valence-electron chi connectivity index (χ1n) is 4.31. The van der Waals surface area contributed by atoms with E-state index in [0.717, 1.165) is 0 Å². The van der Waals surface area contributed by atoms with Gasteiger partial charge in [0.15, 0.2) is 0 Å². The number of rotatable bonds is 3. The smallest absolute Gasteiger partial charge is 0.131 e. The minimum Gasteiger partial charge on any atom is -0.206 e. The molecule has 1 aromatic rings. The molecule has 1 atom stereocenters. The van der Waals surface area contributed by atoms with Crippen LogP contribution < -0.4 is 0 Å². The Balaban J connectivity index is 2.85. The van der Waals surface area contributed by atoms with Gasteiger partial charge in [0, 0.05) is 14.9 Å². The van der Waals surface area contributed by atoms with E-state index in [9.17, 15) is 4.39 Å². The molecule has 0 fully saturated rings. The molecule has 0 N–H and O–H groups in total. The number of nitrogens with zero attached hydrogens (tertiary/aromatic N) is 3. The van der Waals surface area contributed by atoms with Gasteiger partial charge in [0.2, 0.25) is 0 Å². The Morgan fingerprint density at radius 3 is 2.93 bits per heavy atom. The SMILES string of the molecule is CC(/C=C/c1ccc(Br)cc1F)N=[N+]=[N-]. The topological polar surface area (TPSA) is 48.8 Å². The van der Waals surface area contributed by atoms with E-state index < -0.39 is 0 Å². The van der Waals surface area contributed by atoms with Crippen LogP contribution in [0.25, 0.3) is 16.5 Å². The lowest BCUT2D eigenvalue weighted by Crippen LogP contribution is -1.89. The molecule has 0 saturated carbocycles. The molecule has 1 rings (SSSR count). The molecule has 0 radical (unpaired) electrons. The van der Waals surface area contributed by atoms with Gasteiger partial charge in [-0.05, 0) is 17.7 Å². The molecule has 3 nitrogen and oxygen atoms in total. The van der Waals surface area contributed by atoms with Gasteiger partial charge in [0.1, 0.15) is 5.82 Å². The lowest BCUT2D eigenvalue weighted by molar-refractivity contribution is 0.624. The lowest BCUT2D eigenvalue weighted by atomic mass is 10.2. The van der Waals surface area contributed by atoms with Crippen LogP contribution in [0.2, 0.25) is 0 Å². The maximum atomic E-state index is 13.3. The van der Waals surface area contributed by atoms with Crippen LogP contribution in [0.1, 0.15) is 12.5 Å². The minimum atomic E-state index is -0.311. The molecular formula is C10H9BrFN3. The fraction of sp³-hybridized carbons (Fsp3) is 0.200. The van der Waals surface area contributed by atoms with Crippen LogP contribution in [0.5, 0.6) is 0 Å². The van der Waals surface area contributed by atoms with Gasteiger partial charge < -0.3 is 0 Å². The van der Waals surface area contributed by atoms with E-state index >= 15 is 0 Å². The van der Waals surface area contributed by atoms with E-state index in [0.29, 0.717) is 10.0 Å². The Morgan fingerprint density at radius 1 is 1.60 bits per heavy atom. The Labute approximate surface area is 95.4 Å². The van der Waals surface area contributed by atoms with Crippen LogP contribution >= 0.6 is 15.9 Å². The third-order valence-corrected chi connectivity index (χ3v) is 2.24. The normalized spacial score (nSPS) is 12.5. The fourth-order valence-corrected chi connectivity index (χ4v) is 1.33. The molecule has 1 aromatic carbocycles. The summed E-state index contributed by atoms with van der Waals surface area (Å²) in [6, 6.07) is 4.51. The number of benzene rings is 1. The number of hydrogen-bond donors (Lipinski definition) is 0. The highest BCUT2D eigenvalue weighted by Crippen LogP contribution is 2.16. The Morgan fingerprint density at radius 2 is 2.33 bits per heavy atom. The van der Waals surface area contributed by atoms with Crippen molar-refractivity contribution in [2.75, 3.05) is 0 Å². The van der Waals surface area contributed by atoms with Crippen molar-refractivity contribution in [1.82, 2.24) is 0 Å². The summed E-state index contributed by atoms with van der Waals surface area (Å²) in [7, 11) is 0. The molecule has 0 aliphatic carbocycles. The number of azide groups is 1. The molecule has 0 bridgehead atoms. The van der Waals surface area contributed by atoms with Crippen molar-refractivity contribution >= 4 is 22.0 Å². The van der Waals surface area contributed by atoms with Crippen molar-refractivity contribution in [3.8, 4) is 0 Å². The average molecular weight is 270 g/mol. The van der Waals surface area contributed by atoms with E-state index in [-0.39, 0.29) is 11.9 Å². The van der Waals surface area contributed by atoms with Crippen molar-refractivity contribution in [3.63, 3.8) is 0 Å². The molecule has 0 aromatic heterocycles. The van der Waals surface area contributed by atoms with Gasteiger partial charge in [0.05, 0.1) is 6.04 Å². The number of halogens is 2. The third kappa shape index (κ3) is 3.73. The predicted octanol–water partition coefficient (Wildman–Crippen LogP) is 4.30. The van der Waals surface area contributed by atoms with Crippen molar-refractivity contribution in [3.05, 3.63) is 50.6 Å². The summed E-state index contributed by atoms with van der Waals surface area (Å²) >= 11 is 3.17. The molecule has 0 aliphatic rings. The molecule has 78 valence electrons. The Hall–Kier alpha value is -1.32. The minimum absolute atomic E-state index is 0.280. The highest BCUT2D eigenvalue weighted by molar-refractivity contribution is 9.10. The third-order valence-electron chi connectivity index (χ3n) is 1.75. The van der Waals surface area contributed by atoms with Crippen molar-refractivity contribution in [2.24, 2.45) is 5.11 Å². The largest absolute Gasteiger partial charge is 0.206 e. The molecule has 5 heteroatoms. The summed E-state index contributed by atoms with van der Waals surface area (Å²) in [5.41, 5.74) is 8.64. The molecule has 0 spiro atoms. The predicted molar refractivity (Wildman–Crippen MR) is 61.7 cm³/mol. The summed E-state index contributed by atoms with van der Waals surface area (Å²) < 4.78 is 14.0. The zero-order valence-electron chi connectivity index (χ0n) is 8.06. The van der Waals surface area contributed by atoms with Crippen LogP contribution in [-0.4, -0.2) is 6.04 Å². The van der Waals surface area contributed by atoms with Gasteiger partial charge >= 0.3 is 0 Å². The van der Waals surface area contributed by atoms with E-state index in [4.69, 9.17) is 5.53 Å². The first kappa shape index (κ1) is 11.8. The van der Waals surface area contributed by atoms with Crippen LogP contribution in [0.4, 0.5) is 4.39 Å². The first-order valence-corrected chi connectivity index (χ1v) is 5.10. The van der Waals surface area contributed by atoms with Crippen molar-refractivity contribution in [2.45, 2.75) is 13.0 Å². The average Bonchev–Trinajstić information content (AvgIpc) is 2.17. The molecule has 15 heavy (non-hydrogen) atoms. The second-order valence-corrected chi connectivity index (χ2v) is 3.89. The number of hydrogen-bond acceptors (Lipinski definition) is 1. The zero-order valence-corrected chi connectivity index (χ0v) is 9.65. The summed E-state index contributed by atoms with van der Waals surface area (Å²) in [6.07, 6.45) is 3.24. The van der Waals surface area contributed by atoms with Gasteiger partial charge in [-0.3, -0.25) is 0 Å². The summed E-state index contributed by atoms with van der Waals surface area (Å²) in [6.45, 7) is 1.73. The van der Waals surface area contributed by atoms with Crippen LogP contribution in [0, 0.1) is 5.82 Å². The summed E-state index contributed by atoms with van der Waals surface area (Å²) in [4.78, 5) is 2.66. The van der Waals surface area contributed by atoms with Gasteiger partial charge in [-0.1, -0.05) is 46.2 Å². The highest BCUT2D eigenvalue weighted by Gasteiger charge is 1.99. The standard InChI is InChI=1S/C10H9BrFN3/c1-7(14-15-13)2-3-8-4-5-9(11)6-10(8)12/h2-7H,1H3/b3-2+. The van der Waals surface area contributed by atoms with E-state index in [2.05, 4.69) is 26.0 Å². The molecule has 0 heterocycles. The maximum absolute atomic E-state index is 13.3.